The van der Waals surface area contributed by atoms with Gasteiger partial charge in [0, 0.05) is 17.1 Å². The maximum absolute atomic E-state index is 12.9. The quantitative estimate of drug-likeness (QED) is 0.905. The van der Waals surface area contributed by atoms with Gasteiger partial charge < -0.3 is 5.73 Å². The van der Waals surface area contributed by atoms with Crippen LogP contribution in [0.1, 0.15) is 18.4 Å². The van der Waals surface area contributed by atoms with E-state index in [1.165, 1.54) is 12.1 Å². The lowest BCUT2D eigenvalue weighted by Crippen LogP contribution is -2.39. The Morgan fingerprint density at radius 1 is 1.38 bits per heavy atom. The highest BCUT2D eigenvalue weighted by Crippen LogP contribution is 2.21. The number of piperidine rings is 1. The van der Waals surface area contributed by atoms with Crippen LogP contribution in [-0.4, -0.2) is 24.0 Å². The highest BCUT2D eigenvalue weighted by molar-refractivity contribution is 9.10. The van der Waals surface area contributed by atoms with Crippen LogP contribution in [0.25, 0.3) is 0 Å². The van der Waals surface area contributed by atoms with E-state index >= 15 is 0 Å². The lowest BCUT2D eigenvalue weighted by atomic mass is 10.1. The van der Waals surface area contributed by atoms with Crippen LogP contribution in [0.2, 0.25) is 0 Å². The first-order valence-corrected chi connectivity index (χ1v) is 6.36. The fraction of sp³-hybridized carbons (Fsp3) is 0.500. The van der Waals surface area contributed by atoms with Crippen molar-refractivity contribution < 1.29 is 4.39 Å². The summed E-state index contributed by atoms with van der Waals surface area (Å²) < 4.78 is 13.8. The van der Waals surface area contributed by atoms with Crippen molar-refractivity contribution in [3.63, 3.8) is 0 Å². The minimum absolute atomic E-state index is 0.198. The highest BCUT2D eigenvalue weighted by atomic mass is 79.9. The lowest BCUT2D eigenvalue weighted by Gasteiger charge is -2.30. The van der Waals surface area contributed by atoms with Crippen LogP contribution in [0.15, 0.2) is 22.7 Å². The Hall–Kier alpha value is -0.450. The molecule has 1 saturated heterocycles. The highest BCUT2D eigenvalue weighted by Gasteiger charge is 2.16. The molecular formula is C12H16BrFN2. The predicted molar refractivity (Wildman–Crippen MR) is 66.6 cm³/mol. The van der Waals surface area contributed by atoms with Gasteiger partial charge in [-0.2, -0.15) is 0 Å². The number of hydrogen-bond acceptors (Lipinski definition) is 2. The molecule has 88 valence electrons. The summed E-state index contributed by atoms with van der Waals surface area (Å²) in [4.78, 5) is 2.36. The Bertz CT molecular complexity index is 362. The Kier molecular flexibility index (Phi) is 3.95. The molecule has 4 heteroatoms. The van der Waals surface area contributed by atoms with Crippen molar-refractivity contribution >= 4 is 15.9 Å². The van der Waals surface area contributed by atoms with Crippen LogP contribution in [0, 0.1) is 5.82 Å². The summed E-state index contributed by atoms with van der Waals surface area (Å²) in [6.07, 6.45) is 2.11. The normalized spacial score (nSPS) is 18.9. The lowest BCUT2D eigenvalue weighted by molar-refractivity contribution is 0.205. The van der Waals surface area contributed by atoms with Crippen LogP contribution in [0.4, 0.5) is 4.39 Å². The third-order valence-electron chi connectivity index (χ3n) is 3.04. The fourth-order valence-corrected chi connectivity index (χ4v) is 2.48. The summed E-state index contributed by atoms with van der Waals surface area (Å²) in [7, 11) is 0. The minimum Gasteiger partial charge on any atom is -0.328 e. The molecule has 1 aliphatic heterocycles. The van der Waals surface area contributed by atoms with E-state index in [2.05, 4.69) is 20.8 Å². The van der Waals surface area contributed by atoms with Gasteiger partial charge >= 0.3 is 0 Å². The molecule has 2 nitrogen and oxygen atoms in total. The Labute approximate surface area is 104 Å². The second-order valence-corrected chi connectivity index (χ2v) is 5.20. The van der Waals surface area contributed by atoms with Crippen molar-refractivity contribution in [2.75, 3.05) is 13.1 Å². The van der Waals surface area contributed by atoms with Gasteiger partial charge in [0.1, 0.15) is 5.82 Å². The number of nitrogens with two attached hydrogens (primary N) is 1. The van der Waals surface area contributed by atoms with E-state index in [1.807, 2.05) is 6.07 Å². The van der Waals surface area contributed by atoms with Gasteiger partial charge in [-0.1, -0.05) is 22.0 Å². The number of nitrogens with zero attached hydrogens (tertiary/aromatic N) is 1. The molecule has 0 aromatic heterocycles. The molecule has 1 aliphatic rings. The summed E-state index contributed by atoms with van der Waals surface area (Å²) in [6.45, 7) is 2.93. The molecule has 0 unspecified atom stereocenters. The molecular weight excluding hydrogens is 271 g/mol. The summed E-state index contributed by atoms with van der Waals surface area (Å²) in [6, 6.07) is 5.22. The average Bonchev–Trinajstić information content (AvgIpc) is 2.25. The van der Waals surface area contributed by atoms with Crippen LogP contribution in [0.5, 0.6) is 0 Å². The van der Waals surface area contributed by atoms with Crippen molar-refractivity contribution in [1.29, 1.82) is 0 Å². The molecule has 16 heavy (non-hydrogen) atoms. The largest absolute Gasteiger partial charge is 0.328 e. The van der Waals surface area contributed by atoms with Gasteiger partial charge in [0.2, 0.25) is 0 Å². The van der Waals surface area contributed by atoms with Crippen molar-refractivity contribution in [3.8, 4) is 0 Å². The molecule has 0 bridgehead atoms. The SMILES string of the molecule is NC1CCN(Cc2ccc(F)cc2Br)CC1. The number of halogens is 2. The molecule has 0 spiro atoms. The zero-order valence-corrected chi connectivity index (χ0v) is 10.7. The van der Waals surface area contributed by atoms with E-state index in [9.17, 15) is 4.39 Å². The van der Waals surface area contributed by atoms with Gasteiger partial charge in [-0.25, -0.2) is 4.39 Å². The van der Waals surface area contributed by atoms with Gasteiger partial charge in [0.05, 0.1) is 0 Å². The number of rotatable bonds is 2. The topological polar surface area (TPSA) is 29.3 Å². The number of hydrogen-bond donors (Lipinski definition) is 1. The second kappa shape index (κ2) is 5.25. The molecule has 2 rings (SSSR count). The molecule has 2 N–H and O–H groups in total. The molecule has 0 radical (unpaired) electrons. The Morgan fingerprint density at radius 3 is 2.69 bits per heavy atom. The van der Waals surface area contributed by atoms with E-state index in [-0.39, 0.29) is 5.82 Å². The van der Waals surface area contributed by atoms with Crippen LogP contribution in [0.3, 0.4) is 0 Å². The van der Waals surface area contributed by atoms with E-state index in [0.29, 0.717) is 6.04 Å². The minimum atomic E-state index is -0.198. The van der Waals surface area contributed by atoms with E-state index in [4.69, 9.17) is 5.73 Å². The average molecular weight is 287 g/mol. The zero-order chi connectivity index (χ0) is 11.5. The summed E-state index contributed by atoms with van der Waals surface area (Å²) in [5.74, 6) is -0.198. The third kappa shape index (κ3) is 3.03. The Morgan fingerprint density at radius 2 is 2.06 bits per heavy atom. The monoisotopic (exact) mass is 286 g/mol. The maximum atomic E-state index is 12.9. The van der Waals surface area contributed by atoms with Crippen LogP contribution < -0.4 is 5.73 Å². The summed E-state index contributed by atoms with van der Waals surface area (Å²) >= 11 is 3.39. The first-order valence-electron chi connectivity index (χ1n) is 5.57. The van der Waals surface area contributed by atoms with Gasteiger partial charge in [-0.05, 0) is 43.6 Å². The smallest absolute Gasteiger partial charge is 0.124 e. The molecule has 0 saturated carbocycles. The predicted octanol–water partition coefficient (Wildman–Crippen LogP) is 2.51. The first-order chi connectivity index (χ1) is 7.65. The van der Waals surface area contributed by atoms with Crippen LogP contribution >= 0.6 is 15.9 Å². The van der Waals surface area contributed by atoms with Gasteiger partial charge in [-0.3, -0.25) is 4.90 Å². The van der Waals surface area contributed by atoms with E-state index < -0.39 is 0 Å². The van der Waals surface area contributed by atoms with Gasteiger partial charge in [-0.15, -0.1) is 0 Å². The van der Waals surface area contributed by atoms with Gasteiger partial charge in [0.15, 0.2) is 0 Å². The van der Waals surface area contributed by atoms with E-state index in [1.54, 1.807) is 0 Å². The summed E-state index contributed by atoms with van der Waals surface area (Å²) in [5, 5.41) is 0. The molecule has 1 fully saturated rings. The number of likely N-dealkylation sites (tertiary alicyclic amines) is 1. The van der Waals surface area contributed by atoms with Crippen LogP contribution in [-0.2, 0) is 6.54 Å². The molecule has 0 atom stereocenters. The molecule has 0 aliphatic carbocycles. The standard InChI is InChI=1S/C12H16BrFN2/c13-12-7-10(14)2-1-9(12)8-16-5-3-11(15)4-6-16/h1-2,7,11H,3-6,8,15H2. The fourth-order valence-electron chi connectivity index (χ4n) is 2.00. The Balaban J connectivity index is 1.98. The summed E-state index contributed by atoms with van der Waals surface area (Å²) in [5.41, 5.74) is 6.99. The molecule has 1 heterocycles. The first kappa shape index (κ1) is 12.0. The molecule has 1 aromatic carbocycles. The molecule has 1 aromatic rings. The zero-order valence-electron chi connectivity index (χ0n) is 9.13. The van der Waals surface area contributed by atoms with Crippen molar-refractivity contribution in [3.05, 3.63) is 34.1 Å². The van der Waals surface area contributed by atoms with Crippen molar-refractivity contribution in [2.45, 2.75) is 25.4 Å². The third-order valence-corrected chi connectivity index (χ3v) is 3.78. The van der Waals surface area contributed by atoms with Gasteiger partial charge in [0.25, 0.3) is 0 Å². The van der Waals surface area contributed by atoms with E-state index in [0.717, 1.165) is 42.5 Å². The van der Waals surface area contributed by atoms with Crippen molar-refractivity contribution in [2.24, 2.45) is 5.73 Å². The second-order valence-electron chi connectivity index (χ2n) is 4.35. The number of benzene rings is 1. The molecule has 0 amide bonds. The maximum Gasteiger partial charge on any atom is 0.124 e. The van der Waals surface area contributed by atoms with Crippen molar-refractivity contribution in [1.82, 2.24) is 4.90 Å².